The van der Waals surface area contributed by atoms with Crippen LogP contribution in [0.15, 0.2) is 0 Å². The third-order valence-corrected chi connectivity index (χ3v) is 5.77. The number of aromatic amines is 1. The molecule has 3 heterocycles. The smallest absolute Gasteiger partial charge is 0.274 e. The molecule has 0 saturated carbocycles. The van der Waals surface area contributed by atoms with E-state index in [1.54, 1.807) is 0 Å². The van der Waals surface area contributed by atoms with E-state index in [0.29, 0.717) is 37.0 Å². The van der Waals surface area contributed by atoms with Crippen molar-refractivity contribution in [1.29, 1.82) is 0 Å². The number of nitrogens with one attached hydrogen (secondary N) is 1. The van der Waals surface area contributed by atoms with E-state index in [1.807, 2.05) is 16.1 Å². The molecule has 0 spiro atoms. The van der Waals surface area contributed by atoms with E-state index in [9.17, 15) is 9.59 Å². The summed E-state index contributed by atoms with van der Waals surface area (Å²) in [5.74, 6) is 0.667. The molecule has 2 aliphatic heterocycles. The number of thioether (sulfide) groups is 1. The average Bonchev–Trinajstić information content (AvgIpc) is 3.04. The Kier molecular flexibility index (Phi) is 5.68. The van der Waals surface area contributed by atoms with Crippen molar-refractivity contribution in [3.8, 4) is 0 Å². The molecule has 1 aromatic heterocycles. The van der Waals surface area contributed by atoms with Gasteiger partial charge in [0.1, 0.15) is 0 Å². The summed E-state index contributed by atoms with van der Waals surface area (Å²) in [4.78, 5) is 30.9. The molecule has 1 fully saturated rings. The predicted octanol–water partition coefficient (Wildman–Crippen LogP) is 0.824. The van der Waals surface area contributed by atoms with Crippen molar-refractivity contribution in [3.63, 3.8) is 0 Å². The van der Waals surface area contributed by atoms with Gasteiger partial charge in [0, 0.05) is 31.2 Å². The molecule has 0 bridgehead atoms. The molecule has 1 saturated heterocycles. The summed E-state index contributed by atoms with van der Waals surface area (Å²) in [5.41, 5.74) is 2.45. The minimum Gasteiger partial charge on any atom is -0.337 e. The number of nitrogens with zero attached hydrogens (tertiary/aromatic N) is 4. The zero-order chi connectivity index (χ0) is 18.0. The second-order valence-corrected chi connectivity index (χ2v) is 7.88. The Morgan fingerprint density at radius 3 is 2.60 bits per heavy atom. The van der Waals surface area contributed by atoms with Gasteiger partial charge in [0.25, 0.3) is 5.91 Å². The first-order chi connectivity index (χ1) is 12.0. The molecule has 0 unspecified atom stereocenters. The van der Waals surface area contributed by atoms with Crippen LogP contribution >= 0.6 is 11.8 Å². The van der Waals surface area contributed by atoms with Gasteiger partial charge in [0.15, 0.2) is 5.69 Å². The Bertz CT molecular complexity index is 637. The molecular formula is C17H27N5O2S. The van der Waals surface area contributed by atoms with E-state index in [4.69, 9.17) is 0 Å². The highest BCUT2D eigenvalue weighted by molar-refractivity contribution is 7.99. The SMILES string of the molecule is CSCC(=O)N1CCc2c(C(=O)N3CCC(N(C)C)CC3)n[nH]c2C1. The van der Waals surface area contributed by atoms with E-state index < -0.39 is 0 Å². The molecule has 0 radical (unpaired) electrons. The van der Waals surface area contributed by atoms with E-state index >= 15 is 0 Å². The second-order valence-electron chi connectivity index (χ2n) is 7.01. The van der Waals surface area contributed by atoms with Gasteiger partial charge in [-0.2, -0.15) is 16.9 Å². The maximum Gasteiger partial charge on any atom is 0.274 e. The van der Waals surface area contributed by atoms with Crippen molar-refractivity contribution >= 4 is 23.6 Å². The van der Waals surface area contributed by atoms with Crippen LogP contribution in [-0.2, 0) is 17.8 Å². The summed E-state index contributed by atoms with van der Waals surface area (Å²) in [6, 6.07) is 0.549. The fraction of sp³-hybridized carbons (Fsp3) is 0.706. The zero-order valence-electron chi connectivity index (χ0n) is 15.2. The molecule has 1 N–H and O–H groups in total. The van der Waals surface area contributed by atoms with E-state index in [0.717, 1.165) is 37.2 Å². The van der Waals surface area contributed by atoms with Crippen molar-refractivity contribution in [1.82, 2.24) is 24.9 Å². The van der Waals surface area contributed by atoms with E-state index in [1.165, 1.54) is 11.8 Å². The molecule has 0 aliphatic carbocycles. The summed E-state index contributed by atoms with van der Waals surface area (Å²) in [5, 5.41) is 7.29. The first kappa shape index (κ1) is 18.3. The first-order valence-corrected chi connectivity index (χ1v) is 10.2. The van der Waals surface area contributed by atoms with Crippen molar-refractivity contribution < 1.29 is 9.59 Å². The van der Waals surface area contributed by atoms with Crippen LogP contribution in [0.1, 0.15) is 34.6 Å². The lowest BCUT2D eigenvalue weighted by molar-refractivity contribution is -0.129. The lowest BCUT2D eigenvalue weighted by atomic mass is 10.0. The van der Waals surface area contributed by atoms with Crippen LogP contribution in [0.4, 0.5) is 0 Å². The topological polar surface area (TPSA) is 72.5 Å². The molecule has 25 heavy (non-hydrogen) atoms. The first-order valence-electron chi connectivity index (χ1n) is 8.79. The number of amides is 2. The quantitative estimate of drug-likeness (QED) is 0.855. The maximum absolute atomic E-state index is 12.9. The van der Waals surface area contributed by atoms with Crippen LogP contribution < -0.4 is 0 Å². The average molecular weight is 366 g/mol. The molecule has 2 aliphatic rings. The largest absolute Gasteiger partial charge is 0.337 e. The lowest BCUT2D eigenvalue weighted by Crippen LogP contribution is -2.45. The highest BCUT2D eigenvalue weighted by atomic mass is 32.2. The number of rotatable bonds is 4. The number of likely N-dealkylation sites (tertiary alicyclic amines) is 1. The number of carbonyl (C=O) groups is 2. The molecular weight excluding hydrogens is 338 g/mol. The van der Waals surface area contributed by atoms with Gasteiger partial charge in [-0.25, -0.2) is 0 Å². The molecule has 7 nitrogen and oxygen atoms in total. The second kappa shape index (κ2) is 7.78. The molecule has 3 rings (SSSR count). The maximum atomic E-state index is 12.9. The number of carbonyl (C=O) groups excluding carboxylic acids is 2. The third-order valence-electron chi connectivity index (χ3n) is 5.24. The van der Waals surface area contributed by atoms with Gasteiger partial charge in [-0.3, -0.25) is 14.7 Å². The number of piperidine rings is 1. The van der Waals surface area contributed by atoms with Gasteiger partial charge in [-0.1, -0.05) is 0 Å². The van der Waals surface area contributed by atoms with Gasteiger partial charge in [-0.05, 0) is 39.6 Å². The van der Waals surface area contributed by atoms with Gasteiger partial charge in [0.05, 0.1) is 18.0 Å². The zero-order valence-corrected chi connectivity index (χ0v) is 16.1. The molecule has 0 atom stereocenters. The van der Waals surface area contributed by atoms with Crippen LogP contribution in [0.2, 0.25) is 0 Å². The standard InChI is InChI=1S/C17H27N5O2S/c1-20(2)12-4-7-21(8-5-12)17(24)16-13-6-9-22(15(23)11-25-3)10-14(13)18-19-16/h12H,4-11H2,1-3H3,(H,18,19). The van der Waals surface area contributed by atoms with Crippen LogP contribution in [-0.4, -0.2) is 88.5 Å². The number of hydrogen-bond donors (Lipinski definition) is 1. The van der Waals surface area contributed by atoms with Crippen molar-refractivity contribution in [2.24, 2.45) is 0 Å². The molecule has 8 heteroatoms. The van der Waals surface area contributed by atoms with Gasteiger partial charge in [0.2, 0.25) is 5.91 Å². The predicted molar refractivity (Wildman–Crippen MR) is 98.7 cm³/mol. The molecule has 1 aromatic rings. The van der Waals surface area contributed by atoms with E-state index in [2.05, 4.69) is 29.2 Å². The summed E-state index contributed by atoms with van der Waals surface area (Å²) >= 11 is 1.53. The Labute approximate surface area is 153 Å². The Balaban J connectivity index is 1.66. The summed E-state index contributed by atoms with van der Waals surface area (Å²) in [7, 11) is 4.19. The van der Waals surface area contributed by atoms with E-state index in [-0.39, 0.29) is 11.8 Å². The normalized spacial score (nSPS) is 18.6. The Hall–Kier alpha value is -1.54. The molecule has 0 aromatic carbocycles. The summed E-state index contributed by atoms with van der Waals surface area (Å²) in [6.07, 6.45) is 4.63. The van der Waals surface area contributed by atoms with Crippen LogP contribution in [0.5, 0.6) is 0 Å². The van der Waals surface area contributed by atoms with Gasteiger partial charge in [-0.15, -0.1) is 0 Å². The number of aromatic nitrogens is 2. The fourth-order valence-corrected chi connectivity index (χ4v) is 4.09. The van der Waals surface area contributed by atoms with Gasteiger partial charge < -0.3 is 14.7 Å². The summed E-state index contributed by atoms with van der Waals surface area (Å²) in [6.45, 7) is 2.75. The third kappa shape index (κ3) is 3.84. The van der Waals surface area contributed by atoms with Crippen molar-refractivity contribution in [2.45, 2.75) is 31.8 Å². The monoisotopic (exact) mass is 365 g/mol. The van der Waals surface area contributed by atoms with Crippen LogP contribution in [0, 0.1) is 0 Å². The Morgan fingerprint density at radius 2 is 1.96 bits per heavy atom. The fourth-order valence-electron chi connectivity index (χ4n) is 3.66. The highest BCUT2D eigenvalue weighted by Gasteiger charge is 2.31. The van der Waals surface area contributed by atoms with Crippen molar-refractivity contribution in [3.05, 3.63) is 17.0 Å². The van der Waals surface area contributed by atoms with Crippen LogP contribution in [0.3, 0.4) is 0 Å². The minimum absolute atomic E-state index is 0.0265. The molecule has 2 amide bonds. The van der Waals surface area contributed by atoms with Crippen molar-refractivity contribution in [2.75, 3.05) is 45.7 Å². The molecule has 138 valence electrons. The number of hydrogen-bond acceptors (Lipinski definition) is 5. The highest BCUT2D eigenvalue weighted by Crippen LogP contribution is 2.23. The number of fused-ring (bicyclic) bond motifs is 1. The number of H-pyrrole nitrogens is 1. The van der Waals surface area contributed by atoms with Gasteiger partial charge >= 0.3 is 0 Å². The Morgan fingerprint density at radius 1 is 1.24 bits per heavy atom. The lowest BCUT2D eigenvalue weighted by Gasteiger charge is -2.35. The minimum atomic E-state index is 0.0265. The van der Waals surface area contributed by atoms with Crippen LogP contribution in [0.25, 0.3) is 0 Å². The summed E-state index contributed by atoms with van der Waals surface area (Å²) < 4.78 is 0.